The highest BCUT2D eigenvalue weighted by atomic mass is 79.9. The van der Waals surface area contributed by atoms with Crippen LogP contribution in [-0.2, 0) is 16.6 Å². The lowest BCUT2D eigenvalue weighted by atomic mass is 10.2. The van der Waals surface area contributed by atoms with Gasteiger partial charge in [0.15, 0.2) is 6.61 Å². The molecular formula is C15H13BrN2O5. The van der Waals surface area contributed by atoms with E-state index in [0.29, 0.717) is 10.2 Å². The summed E-state index contributed by atoms with van der Waals surface area (Å²) in [7, 11) is 1.66. The van der Waals surface area contributed by atoms with E-state index in [2.05, 4.69) is 21.2 Å². The summed E-state index contributed by atoms with van der Waals surface area (Å²) in [5.74, 6) is -2.49. The van der Waals surface area contributed by atoms with Crippen LogP contribution < -0.4 is 5.32 Å². The van der Waals surface area contributed by atoms with E-state index in [1.54, 1.807) is 36.0 Å². The molecule has 7 nitrogen and oxygen atoms in total. The van der Waals surface area contributed by atoms with Crippen molar-refractivity contribution in [2.24, 2.45) is 7.05 Å². The minimum Gasteiger partial charge on any atom is -0.507 e. The van der Waals surface area contributed by atoms with Crippen molar-refractivity contribution in [1.29, 1.82) is 0 Å². The van der Waals surface area contributed by atoms with E-state index in [1.165, 1.54) is 12.1 Å². The molecule has 1 aromatic heterocycles. The number of halogens is 1. The van der Waals surface area contributed by atoms with Gasteiger partial charge in [0.05, 0.1) is 0 Å². The van der Waals surface area contributed by atoms with Gasteiger partial charge in [0.25, 0.3) is 11.8 Å². The Kier molecular flexibility index (Phi) is 5.17. The first-order valence-electron chi connectivity index (χ1n) is 6.49. The first-order chi connectivity index (χ1) is 10.9. The van der Waals surface area contributed by atoms with Crippen molar-refractivity contribution >= 4 is 33.7 Å². The standard InChI is InChI=1S/C15H13BrN2O5/c1-18-6-2-3-11(18)14(21)17-13(20)8-23-15(22)10-7-9(16)4-5-12(10)19/h2-7,19H,8H2,1H3,(H,17,20,21). The minimum atomic E-state index is -0.870. The number of esters is 1. The highest BCUT2D eigenvalue weighted by Crippen LogP contribution is 2.22. The van der Waals surface area contributed by atoms with Gasteiger partial charge in [-0.05, 0) is 30.3 Å². The Hall–Kier alpha value is -2.61. The number of aryl methyl sites for hydroxylation is 1. The van der Waals surface area contributed by atoms with Crippen LogP contribution in [0.1, 0.15) is 20.8 Å². The molecule has 0 radical (unpaired) electrons. The van der Waals surface area contributed by atoms with Gasteiger partial charge in [-0.25, -0.2) is 4.79 Å². The number of phenolic OH excluding ortho intramolecular Hbond substituents is 1. The molecule has 1 heterocycles. The summed E-state index contributed by atoms with van der Waals surface area (Å²) in [6, 6.07) is 7.45. The van der Waals surface area contributed by atoms with Crippen LogP contribution in [-0.4, -0.2) is 34.1 Å². The molecule has 2 N–H and O–H groups in total. The van der Waals surface area contributed by atoms with Crippen LogP contribution in [0.25, 0.3) is 0 Å². The number of hydrogen-bond donors (Lipinski definition) is 2. The van der Waals surface area contributed by atoms with Crippen LogP contribution in [0.3, 0.4) is 0 Å². The number of carbonyl (C=O) groups excluding carboxylic acids is 3. The molecule has 120 valence electrons. The Morgan fingerprint density at radius 1 is 1.30 bits per heavy atom. The lowest BCUT2D eigenvalue weighted by molar-refractivity contribution is -0.123. The van der Waals surface area contributed by atoms with E-state index in [1.807, 2.05) is 0 Å². The van der Waals surface area contributed by atoms with Crippen LogP contribution in [0.4, 0.5) is 0 Å². The van der Waals surface area contributed by atoms with E-state index in [4.69, 9.17) is 4.74 Å². The molecule has 2 rings (SSSR count). The lowest BCUT2D eigenvalue weighted by Gasteiger charge is -2.07. The Morgan fingerprint density at radius 2 is 2.04 bits per heavy atom. The van der Waals surface area contributed by atoms with Gasteiger partial charge in [-0.3, -0.25) is 14.9 Å². The predicted molar refractivity (Wildman–Crippen MR) is 84.0 cm³/mol. The zero-order valence-corrected chi connectivity index (χ0v) is 13.7. The highest BCUT2D eigenvalue weighted by molar-refractivity contribution is 9.10. The third-order valence-electron chi connectivity index (χ3n) is 2.94. The number of carbonyl (C=O) groups is 3. The van der Waals surface area contributed by atoms with Crippen molar-refractivity contribution in [1.82, 2.24) is 9.88 Å². The zero-order valence-electron chi connectivity index (χ0n) is 12.1. The molecule has 8 heteroatoms. The number of ether oxygens (including phenoxy) is 1. The fraction of sp³-hybridized carbons (Fsp3) is 0.133. The number of rotatable bonds is 4. The average Bonchev–Trinajstić information content (AvgIpc) is 2.93. The van der Waals surface area contributed by atoms with Crippen molar-refractivity contribution in [3.8, 4) is 5.75 Å². The quantitative estimate of drug-likeness (QED) is 0.785. The van der Waals surface area contributed by atoms with Crippen molar-refractivity contribution in [2.45, 2.75) is 0 Å². The summed E-state index contributed by atoms with van der Waals surface area (Å²) >= 11 is 3.16. The minimum absolute atomic E-state index is 0.0825. The summed E-state index contributed by atoms with van der Waals surface area (Å²) in [5.41, 5.74) is 0.218. The third-order valence-corrected chi connectivity index (χ3v) is 3.44. The third kappa shape index (κ3) is 4.19. The van der Waals surface area contributed by atoms with Gasteiger partial charge in [-0.15, -0.1) is 0 Å². The predicted octanol–water partition coefficient (Wildman–Crippen LogP) is 1.61. The van der Waals surface area contributed by atoms with Gasteiger partial charge < -0.3 is 14.4 Å². The van der Waals surface area contributed by atoms with E-state index >= 15 is 0 Å². The maximum atomic E-state index is 11.8. The Balaban J connectivity index is 1.91. The monoisotopic (exact) mass is 380 g/mol. The number of benzene rings is 1. The largest absolute Gasteiger partial charge is 0.507 e. The number of imide groups is 1. The average molecular weight is 381 g/mol. The lowest BCUT2D eigenvalue weighted by Crippen LogP contribution is -2.35. The van der Waals surface area contributed by atoms with Crippen molar-refractivity contribution in [3.05, 3.63) is 52.3 Å². The fourth-order valence-corrected chi connectivity index (χ4v) is 2.17. The Morgan fingerprint density at radius 3 is 2.70 bits per heavy atom. The summed E-state index contributed by atoms with van der Waals surface area (Å²) in [6.07, 6.45) is 1.66. The van der Waals surface area contributed by atoms with Crippen LogP contribution in [0.5, 0.6) is 5.75 Å². The highest BCUT2D eigenvalue weighted by Gasteiger charge is 2.17. The van der Waals surface area contributed by atoms with Crippen molar-refractivity contribution in [3.63, 3.8) is 0 Å². The molecule has 0 aliphatic carbocycles. The van der Waals surface area contributed by atoms with E-state index < -0.39 is 24.4 Å². The van der Waals surface area contributed by atoms with Gasteiger partial charge in [0, 0.05) is 17.7 Å². The molecule has 2 aromatic rings. The first-order valence-corrected chi connectivity index (χ1v) is 7.29. The molecule has 23 heavy (non-hydrogen) atoms. The second-order valence-corrected chi connectivity index (χ2v) is 5.53. The Bertz CT molecular complexity index is 769. The summed E-state index contributed by atoms with van der Waals surface area (Å²) < 4.78 is 6.91. The van der Waals surface area contributed by atoms with Gasteiger partial charge in [-0.2, -0.15) is 0 Å². The van der Waals surface area contributed by atoms with Crippen LogP contribution in [0.15, 0.2) is 41.0 Å². The Labute approximate surface area is 140 Å². The van der Waals surface area contributed by atoms with Crippen LogP contribution in [0.2, 0.25) is 0 Å². The number of nitrogens with one attached hydrogen (secondary N) is 1. The smallest absolute Gasteiger partial charge is 0.342 e. The molecule has 0 saturated carbocycles. The van der Waals surface area contributed by atoms with E-state index in [-0.39, 0.29) is 11.3 Å². The molecular weight excluding hydrogens is 368 g/mol. The van der Waals surface area contributed by atoms with Gasteiger partial charge in [0.1, 0.15) is 17.0 Å². The van der Waals surface area contributed by atoms with Crippen molar-refractivity contribution in [2.75, 3.05) is 6.61 Å². The normalized spacial score (nSPS) is 10.2. The molecule has 0 spiro atoms. The molecule has 1 aromatic carbocycles. The SMILES string of the molecule is Cn1cccc1C(=O)NC(=O)COC(=O)c1cc(Br)ccc1O. The molecule has 0 unspecified atom stereocenters. The molecule has 0 aliphatic rings. The summed E-state index contributed by atoms with van der Waals surface area (Å²) in [5, 5.41) is 11.7. The number of hydrogen-bond acceptors (Lipinski definition) is 5. The van der Waals surface area contributed by atoms with Crippen LogP contribution >= 0.6 is 15.9 Å². The molecule has 0 bridgehead atoms. The molecule has 0 fully saturated rings. The fourth-order valence-electron chi connectivity index (χ4n) is 1.80. The summed E-state index contributed by atoms with van der Waals surface area (Å²) in [6.45, 7) is -0.638. The second-order valence-electron chi connectivity index (χ2n) is 4.62. The topological polar surface area (TPSA) is 97.6 Å². The van der Waals surface area contributed by atoms with E-state index in [9.17, 15) is 19.5 Å². The van der Waals surface area contributed by atoms with Gasteiger partial charge >= 0.3 is 5.97 Å². The van der Waals surface area contributed by atoms with Gasteiger partial charge in [0.2, 0.25) is 0 Å². The second kappa shape index (κ2) is 7.10. The zero-order chi connectivity index (χ0) is 17.0. The number of aromatic hydroxyl groups is 1. The van der Waals surface area contributed by atoms with Crippen LogP contribution in [0, 0.1) is 0 Å². The maximum Gasteiger partial charge on any atom is 0.342 e. The van der Waals surface area contributed by atoms with Crippen molar-refractivity contribution < 1.29 is 24.2 Å². The molecule has 0 saturated heterocycles. The first kappa shape index (κ1) is 16.8. The van der Waals surface area contributed by atoms with Gasteiger partial charge in [-0.1, -0.05) is 15.9 Å². The molecule has 2 amide bonds. The number of nitrogens with zero attached hydrogens (tertiary/aromatic N) is 1. The number of aromatic nitrogens is 1. The molecule has 0 atom stereocenters. The summed E-state index contributed by atoms with van der Waals surface area (Å²) in [4.78, 5) is 35.3. The number of phenols is 1. The number of amides is 2. The molecule has 0 aliphatic heterocycles. The maximum absolute atomic E-state index is 11.8. The van der Waals surface area contributed by atoms with E-state index in [0.717, 1.165) is 0 Å².